The molecule has 2 amide bonds. The number of hydrogen-bond acceptors (Lipinski definition) is 3. The van der Waals surface area contributed by atoms with Crippen molar-refractivity contribution in [3.05, 3.63) is 35.6 Å². The van der Waals surface area contributed by atoms with Crippen LogP contribution in [0, 0.1) is 11.7 Å². The van der Waals surface area contributed by atoms with E-state index in [0.717, 1.165) is 12.0 Å². The number of halogens is 1. The minimum Gasteiger partial charge on any atom is -0.346 e. The second kappa shape index (κ2) is 9.25. The molecule has 0 radical (unpaired) electrons. The molecule has 0 saturated heterocycles. The summed E-state index contributed by atoms with van der Waals surface area (Å²) >= 11 is 0. The molecule has 5 nitrogen and oxygen atoms in total. The van der Waals surface area contributed by atoms with Gasteiger partial charge in [0.1, 0.15) is 5.82 Å². The number of hydrogen-bond donors (Lipinski definition) is 2. The van der Waals surface area contributed by atoms with E-state index in [1.165, 1.54) is 12.1 Å². The lowest BCUT2D eigenvalue weighted by Crippen LogP contribution is -2.47. The number of nitrogens with one attached hydrogen (secondary N) is 1. The van der Waals surface area contributed by atoms with Gasteiger partial charge in [0.25, 0.3) is 0 Å². The highest BCUT2D eigenvalue weighted by atomic mass is 19.1. The third-order valence-corrected chi connectivity index (χ3v) is 3.57. The van der Waals surface area contributed by atoms with Crippen molar-refractivity contribution in [2.75, 3.05) is 13.1 Å². The molecule has 0 aliphatic carbocycles. The predicted molar refractivity (Wildman–Crippen MR) is 87.9 cm³/mol. The van der Waals surface area contributed by atoms with Gasteiger partial charge in [0.2, 0.25) is 11.8 Å². The van der Waals surface area contributed by atoms with Crippen molar-refractivity contribution in [1.29, 1.82) is 0 Å². The van der Waals surface area contributed by atoms with Crippen LogP contribution in [0.5, 0.6) is 0 Å². The Morgan fingerprint density at radius 2 is 1.87 bits per heavy atom. The number of amides is 2. The Labute approximate surface area is 137 Å². The summed E-state index contributed by atoms with van der Waals surface area (Å²) in [5.74, 6) is -0.805. The van der Waals surface area contributed by atoms with Gasteiger partial charge in [0.05, 0.1) is 12.6 Å². The van der Waals surface area contributed by atoms with Crippen LogP contribution in [0.15, 0.2) is 24.3 Å². The van der Waals surface area contributed by atoms with E-state index in [0.29, 0.717) is 13.1 Å². The van der Waals surface area contributed by atoms with E-state index in [4.69, 9.17) is 5.73 Å². The first-order valence-electron chi connectivity index (χ1n) is 7.90. The van der Waals surface area contributed by atoms with Crippen molar-refractivity contribution in [2.24, 2.45) is 11.7 Å². The first kappa shape index (κ1) is 19.1. The Morgan fingerprint density at radius 1 is 1.26 bits per heavy atom. The Kier molecular flexibility index (Phi) is 7.68. The number of carbonyl (C=O) groups is 2. The van der Waals surface area contributed by atoms with Gasteiger partial charge >= 0.3 is 0 Å². The molecule has 6 heteroatoms. The van der Waals surface area contributed by atoms with E-state index in [-0.39, 0.29) is 30.1 Å². The van der Waals surface area contributed by atoms with Crippen molar-refractivity contribution in [1.82, 2.24) is 10.2 Å². The highest BCUT2D eigenvalue weighted by Gasteiger charge is 2.19. The Hall–Kier alpha value is -1.95. The fourth-order valence-electron chi connectivity index (χ4n) is 2.07. The molecule has 0 aromatic heterocycles. The normalized spacial score (nSPS) is 12.1. The monoisotopic (exact) mass is 323 g/mol. The Balaban J connectivity index is 2.60. The van der Waals surface area contributed by atoms with E-state index in [1.54, 1.807) is 17.0 Å². The second-order valence-corrected chi connectivity index (χ2v) is 5.93. The van der Waals surface area contributed by atoms with Crippen molar-refractivity contribution >= 4 is 11.8 Å². The second-order valence-electron chi connectivity index (χ2n) is 5.93. The lowest BCUT2D eigenvalue weighted by molar-refractivity contribution is -0.133. The topological polar surface area (TPSA) is 75.4 Å². The summed E-state index contributed by atoms with van der Waals surface area (Å²) in [5, 5.41) is 2.58. The first-order valence-corrected chi connectivity index (χ1v) is 7.90. The van der Waals surface area contributed by atoms with Crippen LogP contribution in [0.3, 0.4) is 0 Å². The first-order chi connectivity index (χ1) is 10.8. The van der Waals surface area contributed by atoms with E-state index in [9.17, 15) is 14.0 Å². The Morgan fingerprint density at radius 3 is 2.39 bits per heavy atom. The third-order valence-electron chi connectivity index (χ3n) is 3.57. The van der Waals surface area contributed by atoms with Gasteiger partial charge in [-0.15, -0.1) is 0 Å². The largest absolute Gasteiger partial charge is 0.346 e. The predicted octanol–water partition coefficient (Wildman–Crippen LogP) is 1.66. The number of nitrogens with two attached hydrogens (primary N) is 1. The molecule has 3 N–H and O–H groups in total. The maximum absolute atomic E-state index is 12.9. The maximum atomic E-state index is 12.9. The Bertz CT molecular complexity index is 517. The lowest BCUT2D eigenvalue weighted by Gasteiger charge is -2.23. The van der Waals surface area contributed by atoms with Gasteiger partial charge in [0, 0.05) is 13.1 Å². The van der Waals surface area contributed by atoms with Gasteiger partial charge in [-0.2, -0.15) is 0 Å². The molecule has 0 saturated carbocycles. The summed E-state index contributed by atoms with van der Waals surface area (Å²) in [7, 11) is 0. The maximum Gasteiger partial charge on any atom is 0.242 e. The van der Waals surface area contributed by atoms with Crippen LogP contribution in [-0.2, 0) is 16.1 Å². The van der Waals surface area contributed by atoms with Crippen molar-refractivity contribution < 1.29 is 14.0 Å². The van der Waals surface area contributed by atoms with E-state index >= 15 is 0 Å². The van der Waals surface area contributed by atoms with Gasteiger partial charge in [-0.3, -0.25) is 9.59 Å². The molecular weight excluding hydrogens is 297 g/mol. The SMILES string of the molecule is CCCN(Cc1ccc(F)cc1)C(=O)CNC(=O)[C@@H](N)C(C)C. The molecule has 0 heterocycles. The standard InChI is InChI=1S/C17H26FN3O2/c1-4-9-21(11-13-5-7-14(18)8-6-13)15(22)10-20-17(23)16(19)12(2)3/h5-8,12,16H,4,9-11,19H2,1-3H3,(H,20,23)/t16-/m0/s1. The van der Waals surface area contributed by atoms with Gasteiger partial charge < -0.3 is 16.0 Å². The molecule has 1 rings (SSSR count). The highest BCUT2D eigenvalue weighted by Crippen LogP contribution is 2.07. The fraction of sp³-hybridized carbons (Fsp3) is 0.529. The number of nitrogens with zero attached hydrogens (tertiary/aromatic N) is 1. The van der Waals surface area contributed by atoms with Crippen LogP contribution in [0.25, 0.3) is 0 Å². The summed E-state index contributed by atoms with van der Waals surface area (Å²) in [6.07, 6.45) is 0.798. The van der Waals surface area contributed by atoms with Crippen LogP contribution in [0.2, 0.25) is 0 Å². The number of benzene rings is 1. The van der Waals surface area contributed by atoms with Gasteiger partial charge in [-0.1, -0.05) is 32.9 Å². The molecule has 0 aliphatic heterocycles. The molecule has 0 unspecified atom stereocenters. The zero-order valence-corrected chi connectivity index (χ0v) is 14.0. The number of carbonyl (C=O) groups excluding carboxylic acids is 2. The quantitative estimate of drug-likeness (QED) is 0.764. The summed E-state index contributed by atoms with van der Waals surface area (Å²) in [4.78, 5) is 25.8. The minimum absolute atomic E-state index is 0.0102. The van der Waals surface area contributed by atoms with E-state index < -0.39 is 6.04 Å². The summed E-state index contributed by atoms with van der Waals surface area (Å²) < 4.78 is 12.9. The molecule has 0 bridgehead atoms. The van der Waals surface area contributed by atoms with Gasteiger partial charge in [0.15, 0.2) is 0 Å². The van der Waals surface area contributed by atoms with E-state index in [1.807, 2.05) is 20.8 Å². The fourth-order valence-corrected chi connectivity index (χ4v) is 2.07. The molecule has 128 valence electrons. The van der Waals surface area contributed by atoms with Gasteiger partial charge in [-0.05, 0) is 30.0 Å². The molecule has 0 spiro atoms. The zero-order chi connectivity index (χ0) is 17.4. The van der Waals surface area contributed by atoms with Crippen molar-refractivity contribution in [3.63, 3.8) is 0 Å². The van der Waals surface area contributed by atoms with Crippen molar-refractivity contribution in [2.45, 2.75) is 39.8 Å². The van der Waals surface area contributed by atoms with Crippen molar-refractivity contribution in [3.8, 4) is 0 Å². The van der Waals surface area contributed by atoms with E-state index in [2.05, 4.69) is 5.32 Å². The van der Waals surface area contributed by atoms with Crippen LogP contribution >= 0.6 is 0 Å². The smallest absolute Gasteiger partial charge is 0.242 e. The van der Waals surface area contributed by atoms with Gasteiger partial charge in [-0.25, -0.2) is 4.39 Å². The molecule has 1 aromatic carbocycles. The average molecular weight is 323 g/mol. The molecular formula is C17H26FN3O2. The van der Waals surface area contributed by atoms with Crippen LogP contribution in [-0.4, -0.2) is 35.8 Å². The average Bonchev–Trinajstić information content (AvgIpc) is 2.52. The molecule has 23 heavy (non-hydrogen) atoms. The van der Waals surface area contributed by atoms with Crippen LogP contribution in [0.4, 0.5) is 4.39 Å². The molecule has 0 fully saturated rings. The molecule has 0 aliphatic rings. The highest BCUT2D eigenvalue weighted by molar-refractivity contribution is 5.87. The lowest BCUT2D eigenvalue weighted by atomic mass is 10.1. The zero-order valence-electron chi connectivity index (χ0n) is 14.0. The molecule has 1 aromatic rings. The minimum atomic E-state index is -0.625. The van der Waals surface area contributed by atoms with Crippen LogP contribution < -0.4 is 11.1 Å². The molecule has 1 atom stereocenters. The summed E-state index contributed by atoms with van der Waals surface area (Å²) in [5.41, 5.74) is 6.59. The number of rotatable bonds is 8. The summed E-state index contributed by atoms with van der Waals surface area (Å²) in [6, 6.07) is 5.41. The van der Waals surface area contributed by atoms with Crippen LogP contribution in [0.1, 0.15) is 32.8 Å². The third kappa shape index (κ3) is 6.36. The summed E-state index contributed by atoms with van der Waals surface area (Å²) in [6.45, 7) is 6.55.